The normalized spacial score (nSPS) is 12.6. The third-order valence-electron chi connectivity index (χ3n) is 3.70. The van der Waals surface area contributed by atoms with Crippen molar-refractivity contribution in [1.29, 1.82) is 0 Å². The molecule has 2 rings (SSSR count). The Bertz CT molecular complexity index is 820. The van der Waals surface area contributed by atoms with Gasteiger partial charge in [-0.2, -0.15) is 0 Å². The monoisotopic (exact) mass is 348 g/mol. The summed E-state index contributed by atoms with van der Waals surface area (Å²) in [6, 6.07) is 13.5. The smallest absolute Gasteiger partial charge is 0.293 e. The van der Waals surface area contributed by atoms with E-state index >= 15 is 0 Å². The number of anilines is 1. The first kappa shape index (κ1) is 17.9. The summed E-state index contributed by atoms with van der Waals surface area (Å²) in [7, 11) is -3.50. The maximum Gasteiger partial charge on any atom is 0.293 e. The highest BCUT2D eigenvalue weighted by molar-refractivity contribution is 7.90. The van der Waals surface area contributed by atoms with Crippen molar-refractivity contribution in [2.24, 2.45) is 0 Å². The molecular weight excluding hydrogens is 328 g/mol. The molecule has 0 radical (unpaired) electrons. The predicted molar refractivity (Wildman–Crippen MR) is 93.9 cm³/mol. The lowest BCUT2D eigenvalue weighted by molar-refractivity contribution is -0.384. The van der Waals surface area contributed by atoms with Crippen molar-refractivity contribution in [2.45, 2.75) is 30.7 Å². The van der Waals surface area contributed by atoms with Gasteiger partial charge in [0.05, 0.1) is 15.9 Å². The molecule has 0 spiro atoms. The van der Waals surface area contributed by atoms with E-state index in [2.05, 4.69) is 5.32 Å². The van der Waals surface area contributed by atoms with Crippen molar-refractivity contribution < 1.29 is 13.3 Å². The number of nitrogens with zero attached hydrogens (tertiary/aromatic N) is 1. The number of hydrogen-bond acceptors (Lipinski definition) is 5. The summed E-state index contributed by atoms with van der Waals surface area (Å²) in [5.74, 6) is 0. The fourth-order valence-corrected chi connectivity index (χ4v) is 3.14. The summed E-state index contributed by atoms with van der Waals surface area (Å²) in [6.07, 6.45) is 2.74. The summed E-state index contributed by atoms with van der Waals surface area (Å²) in [5, 5.41) is 14.5. The number of sulfone groups is 1. The predicted octanol–water partition coefficient (Wildman–Crippen LogP) is 3.95. The van der Waals surface area contributed by atoms with E-state index in [1.165, 1.54) is 12.1 Å². The summed E-state index contributed by atoms with van der Waals surface area (Å²) in [4.78, 5) is 10.7. The molecule has 0 saturated heterocycles. The van der Waals surface area contributed by atoms with E-state index in [4.69, 9.17) is 0 Å². The molecule has 0 aliphatic carbocycles. The molecular formula is C17H20N2O4S. The summed E-state index contributed by atoms with van der Waals surface area (Å²) in [5.41, 5.74) is 1.10. The highest BCUT2D eigenvalue weighted by Gasteiger charge is 2.21. The average Bonchev–Trinajstić information content (AvgIpc) is 2.54. The molecule has 24 heavy (non-hydrogen) atoms. The van der Waals surface area contributed by atoms with Gasteiger partial charge in [0.25, 0.3) is 5.69 Å². The van der Waals surface area contributed by atoms with Crippen molar-refractivity contribution in [3.8, 4) is 0 Å². The lowest BCUT2D eigenvalue weighted by Crippen LogP contribution is -2.12. The highest BCUT2D eigenvalue weighted by Crippen LogP contribution is 2.32. The SMILES string of the molecule is CCC[C@H](Nc1ccc(S(C)(=O)=O)cc1[N+](=O)[O-])c1ccccc1. The number of nitro benzene ring substituents is 1. The van der Waals surface area contributed by atoms with Crippen molar-refractivity contribution in [2.75, 3.05) is 11.6 Å². The van der Waals surface area contributed by atoms with E-state index in [0.29, 0.717) is 5.69 Å². The van der Waals surface area contributed by atoms with Gasteiger partial charge in [-0.05, 0) is 24.1 Å². The lowest BCUT2D eigenvalue weighted by Gasteiger charge is -2.20. The second-order valence-electron chi connectivity index (χ2n) is 5.60. The number of nitrogens with one attached hydrogen (secondary N) is 1. The molecule has 6 nitrogen and oxygen atoms in total. The van der Waals surface area contributed by atoms with Crippen LogP contribution in [0.5, 0.6) is 0 Å². The molecule has 0 fully saturated rings. The average molecular weight is 348 g/mol. The number of rotatable bonds is 7. The van der Waals surface area contributed by atoms with Gasteiger partial charge in [-0.3, -0.25) is 10.1 Å². The Balaban J connectivity index is 2.41. The van der Waals surface area contributed by atoms with Crippen LogP contribution < -0.4 is 5.32 Å². The van der Waals surface area contributed by atoms with Crippen LogP contribution in [-0.2, 0) is 9.84 Å². The molecule has 0 bridgehead atoms. The van der Waals surface area contributed by atoms with Gasteiger partial charge in [0.1, 0.15) is 5.69 Å². The molecule has 2 aromatic carbocycles. The molecule has 0 aromatic heterocycles. The zero-order chi connectivity index (χ0) is 17.7. The minimum atomic E-state index is -3.50. The number of benzene rings is 2. The van der Waals surface area contributed by atoms with Crippen LogP contribution in [0.25, 0.3) is 0 Å². The molecule has 7 heteroatoms. The standard InChI is InChI=1S/C17H20N2O4S/c1-3-7-15(13-8-5-4-6-9-13)18-16-11-10-14(24(2,22)23)12-17(16)19(20)21/h4-6,8-12,15,18H,3,7H2,1-2H3/t15-/m0/s1. The largest absolute Gasteiger partial charge is 0.373 e. The summed E-state index contributed by atoms with van der Waals surface area (Å²) < 4.78 is 23.2. The van der Waals surface area contributed by atoms with Crippen LogP contribution in [0.15, 0.2) is 53.4 Å². The molecule has 0 aliphatic heterocycles. The van der Waals surface area contributed by atoms with Gasteiger partial charge in [0.15, 0.2) is 9.84 Å². The van der Waals surface area contributed by atoms with Crippen LogP contribution >= 0.6 is 0 Å². The topological polar surface area (TPSA) is 89.3 Å². The van der Waals surface area contributed by atoms with E-state index in [1.807, 2.05) is 37.3 Å². The second kappa shape index (κ2) is 7.44. The first-order chi connectivity index (χ1) is 11.3. The van der Waals surface area contributed by atoms with Gasteiger partial charge in [-0.15, -0.1) is 0 Å². The maximum absolute atomic E-state index is 11.6. The van der Waals surface area contributed by atoms with Gasteiger partial charge >= 0.3 is 0 Å². The third kappa shape index (κ3) is 4.32. The van der Waals surface area contributed by atoms with Gasteiger partial charge < -0.3 is 5.32 Å². The van der Waals surface area contributed by atoms with Gasteiger partial charge in [-0.1, -0.05) is 43.7 Å². The Morgan fingerprint density at radius 3 is 2.38 bits per heavy atom. The third-order valence-corrected chi connectivity index (χ3v) is 4.81. The van der Waals surface area contributed by atoms with Crippen LogP contribution in [0, 0.1) is 10.1 Å². The van der Waals surface area contributed by atoms with Crippen LogP contribution in [-0.4, -0.2) is 19.6 Å². The molecule has 128 valence electrons. The Kier molecular flexibility index (Phi) is 5.56. The number of hydrogen-bond donors (Lipinski definition) is 1. The molecule has 1 atom stereocenters. The van der Waals surface area contributed by atoms with Gasteiger partial charge in [-0.25, -0.2) is 8.42 Å². The van der Waals surface area contributed by atoms with Crippen LogP contribution in [0.4, 0.5) is 11.4 Å². The zero-order valence-electron chi connectivity index (χ0n) is 13.6. The molecule has 2 aromatic rings. The van der Waals surface area contributed by atoms with E-state index in [-0.39, 0.29) is 16.6 Å². The second-order valence-corrected chi connectivity index (χ2v) is 7.62. The van der Waals surface area contributed by atoms with Crippen LogP contribution in [0.3, 0.4) is 0 Å². The van der Waals surface area contributed by atoms with Crippen molar-refractivity contribution >= 4 is 21.2 Å². The Hall–Kier alpha value is -2.41. The molecule has 0 heterocycles. The van der Waals surface area contributed by atoms with E-state index in [9.17, 15) is 18.5 Å². The maximum atomic E-state index is 11.6. The lowest BCUT2D eigenvalue weighted by atomic mass is 10.0. The summed E-state index contributed by atoms with van der Waals surface area (Å²) in [6.45, 7) is 2.04. The Morgan fingerprint density at radius 2 is 1.83 bits per heavy atom. The highest BCUT2D eigenvalue weighted by atomic mass is 32.2. The minimum absolute atomic E-state index is 0.0634. The van der Waals surface area contributed by atoms with Crippen LogP contribution in [0.2, 0.25) is 0 Å². The number of nitro groups is 1. The van der Waals surface area contributed by atoms with Gasteiger partial charge in [0.2, 0.25) is 0 Å². The van der Waals surface area contributed by atoms with Crippen molar-refractivity contribution in [1.82, 2.24) is 0 Å². The van der Waals surface area contributed by atoms with Gasteiger partial charge in [0, 0.05) is 12.3 Å². The Labute approximate surface area is 141 Å². The van der Waals surface area contributed by atoms with Crippen molar-refractivity contribution in [3.63, 3.8) is 0 Å². The van der Waals surface area contributed by atoms with Crippen molar-refractivity contribution in [3.05, 3.63) is 64.2 Å². The quantitative estimate of drug-likeness (QED) is 0.604. The fraction of sp³-hybridized carbons (Fsp3) is 0.294. The molecule has 0 amide bonds. The molecule has 0 saturated carbocycles. The first-order valence-electron chi connectivity index (χ1n) is 7.63. The first-order valence-corrected chi connectivity index (χ1v) is 9.52. The van der Waals surface area contributed by atoms with Crippen LogP contribution in [0.1, 0.15) is 31.4 Å². The molecule has 0 unspecified atom stereocenters. The van der Waals surface area contributed by atoms with E-state index < -0.39 is 14.8 Å². The fourth-order valence-electron chi connectivity index (χ4n) is 2.50. The Morgan fingerprint density at radius 1 is 1.17 bits per heavy atom. The zero-order valence-corrected chi connectivity index (χ0v) is 14.4. The summed E-state index contributed by atoms with van der Waals surface area (Å²) >= 11 is 0. The van der Waals surface area contributed by atoms with E-state index in [0.717, 1.165) is 30.7 Å². The minimum Gasteiger partial charge on any atom is -0.373 e. The molecule has 1 N–H and O–H groups in total. The molecule has 0 aliphatic rings. The van der Waals surface area contributed by atoms with E-state index in [1.54, 1.807) is 0 Å².